The Kier molecular flexibility index (Phi) is 5.58. The monoisotopic (exact) mass is 214 g/mol. The molecule has 0 aromatic rings. The summed E-state index contributed by atoms with van der Waals surface area (Å²) < 4.78 is 5.18. The number of nitrogens with one attached hydrogen (secondary N) is 1. The molecule has 3 heteroatoms. The first-order valence-electron chi connectivity index (χ1n) is 6.09. The molecular formula is C12H26N2O. The zero-order valence-corrected chi connectivity index (χ0v) is 10.6. The largest absolute Gasteiger partial charge is 0.383 e. The summed E-state index contributed by atoms with van der Waals surface area (Å²) in [5.74, 6) is 0.936. The number of ether oxygens (including phenoxy) is 1. The molecule has 90 valence electrons. The first-order chi connectivity index (χ1) is 7.19. The highest BCUT2D eigenvalue weighted by Crippen LogP contribution is 2.35. The number of hydrogen-bond acceptors (Lipinski definition) is 3. The normalized spacial score (nSPS) is 20.6. The average Bonchev–Trinajstić information content (AvgIpc) is 3.06. The van der Waals surface area contributed by atoms with E-state index >= 15 is 0 Å². The minimum atomic E-state index is 0.558. The Balaban J connectivity index is 2.36. The Morgan fingerprint density at radius 2 is 2.07 bits per heavy atom. The van der Waals surface area contributed by atoms with Crippen molar-refractivity contribution in [3.05, 3.63) is 0 Å². The second kappa shape index (κ2) is 6.46. The molecule has 1 rings (SSSR count). The first kappa shape index (κ1) is 12.9. The first-order valence-corrected chi connectivity index (χ1v) is 6.09. The molecule has 1 aliphatic rings. The van der Waals surface area contributed by atoms with Crippen LogP contribution in [0.2, 0.25) is 0 Å². The number of methoxy groups -OCH3 is 1. The van der Waals surface area contributed by atoms with Crippen molar-refractivity contribution in [1.82, 2.24) is 10.2 Å². The van der Waals surface area contributed by atoms with Gasteiger partial charge in [-0.15, -0.1) is 0 Å². The third-order valence-electron chi connectivity index (χ3n) is 3.46. The molecule has 0 spiro atoms. The quantitative estimate of drug-likeness (QED) is 0.660. The second-order valence-electron chi connectivity index (χ2n) is 4.76. The summed E-state index contributed by atoms with van der Waals surface area (Å²) in [6, 6.07) is 1.28. The molecule has 0 radical (unpaired) electrons. The Bertz CT molecular complexity index is 171. The molecule has 0 bridgehead atoms. The summed E-state index contributed by atoms with van der Waals surface area (Å²) in [7, 11) is 3.81. The molecule has 2 unspecified atom stereocenters. The van der Waals surface area contributed by atoms with Crippen molar-refractivity contribution in [2.45, 2.75) is 38.8 Å². The lowest BCUT2D eigenvalue weighted by molar-refractivity contribution is 0.110. The van der Waals surface area contributed by atoms with Gasteiger partial charge in [-0.05, 0) is 39.7 Å². The van der Waals surface area contributed by atoms with Gasteiger partial charge in [0.2, 0.25) is 0 Å². The summed E-state index contributed by atoms with van der Waals surface area (Å²) in [6.45, 7) is 7.61. The molecule has 0 heterocycles. The van der Waals surface area contributed by atoms with Gasteiger partial charge >= 0.3 is 0 Å². The molecule has 0 aromatic heterocycles. The molecule has 2 atom stereocenters. The van der Waals surface area contributed by atoms with Gasteiger partial charge in [-0.3, -0.25) is 4.90 Å². The van der Waals surface area contributed by atoms with Crippen LogP contribution < -0.4 is 5.32 Å². The lowest BCUT2D eigenvalue weighted by Crippen LogP contribution is -2.44. The van der Waals surface area contributed by atoms with Gasteiger partial charge in [0, 0.05) is 32.3 Å². The molecule has 0 saturated heterocycles. The SMILES string of the molecule is CNC(C)CN(CCOC)C(C)C1CC1. The summed E-state index contributed by atoms with van der Waals surface area (Å²) in [5.41, 5.74) is 0. The molecule has 1 saturated carbocycles. The average molecular weight is 214 g/mol. The van der Waals surface area contributed by atoms with E-state index < -0.39 is 0 Å². The third-order valence-corrected chi connectivity index (χ3v) is 3.46. The molecular weight excluding hydrogens is 188 g/mol. The van der Waals surface area contributed by atoms with Gasteiger partial charge in [-0.1, -0.05) is 0 Å². The van der Waals surface area contributed by atoms with E-state index in [0.717, 1.165) is 31.7 Å². The van der Waals surface area contributed by atoms with Crippen LogP contribution in [0, 0.1) is 5.92 Å². The third kappa shape index (κ3) is 4.49. The van der Waals surface area contributed by atoms with E-state index in [2.05, 4.69) is 24.1 Å². The van der Waals surface area contributed by atoms with Gasteiger partial charge in [-0.25, -0.2) is 0 Å². The van der Waals surface area contributed by atoms with Gasteiger partial charge in [-0.2, -0.15) is 0 Å². The van der Waals surface area contributed by atoms with E-state index in [4.69, 9.17) is 4.74 Å². The fraction of sp³-hybridized carbons (Fsp3) is 1.00. The predicted molar refractivity (Wildman–Crippen MR) is 64.2 cm³/mol. The van der Waals surface area contributed by atoms with E-state index in [0.29, 0.717) is 6.04 Å². The van der Waals surface area contributed by atoms with E-state index in [1.54, 1.807) is 7.11 Å². The minimum Gasteiger partial charge on any atom is -0.383 e. The van der Waals surface area contributed by atoms with E-state index in [1.165, 1.54) is 12.8 Å². The van der Waals surface area contributed by atoms with Crippen LogP contribution in [0.1, 0.15) is 26.7 Å². The number of rotatable bonds is 8. The molecule has 1 aliphatic carbocycles. The maximum Gasteiger partial charge on any atom is 0.0589 e. The molecule has 0 aliphatic heterocycles. The summed E-state index contributed by atoms with van der Waals surface area (Å²) >= 11 is 0. The number of likely N-dealkylation sites (N-methyl/N-ethyl adjacent to an activating group) is 1. The van der Waals surface area contributed by atoms with Gasteiger partial charge in [0.05, 0.1) is 6.61 Å². The Labute approximate surface area is 94.2 Å². The highest BCUT2D eigenvalue weighted by molar-refractivity contribution is 4.86. The topological polar surface area (TPSA) is 24.5 Å². The van der Waals surface area contributed by atoms with Crippen LogP contribution in [0.25, 0.3) is 0 Å². The summed E-state index contributed by atoms with van der Waals surface area (Å²) in [6.07, 6.45) is 2.83. The minimum absolute atomic E-state index is 0.558. The van der Waals surface area contributed by atoms with E-state index in [-0.39, 0.29) is 0 Å². The molecule has 0 aromatic carbocycles. The maximum atomic E-state index is 5.18. The zero-order valence-electron chi connectivity index (χ0n) is 10.6. The van der Waals surface area contributed by atoms with Crippen molar-refractivity contribution in [2.75, 3.05) is 33.9 Å². The van der Waals surface area contributed by atoms with Crippen LogP contribution >= 0.6 is 0 Å². The molecule has 3 nitrogen and oxygen atoms in total. The fourth-order valence-electron chi connectivity index (χ4n) is 1.99. The van der Waals surface area contributed by atoms with Gasteiger partial charge in [0.15, 0.2) is 0 Å². The molecule has 1 N–H and O–H groups in total. The van der Waals surface area contributed by atoms with E-state index in [9.17, 15) is 0 Å². The van der Waals surface area contributed by atoms with Crippen molar-refractivity contribution in [3.8, 4) is 0 Å². The van der Waals surface area contributed by atoms with E-state index in [1.807, 2.05) is 7.05 Å². The van der Waals surface area contributed by atoms with Crippen LogP contribution in [0.5, 0.6) is 0 Å². The molecule has 0 amide bonds. The standard InChI is InChI=1S/C12H26N2O/c1-10(13-3)9-14(7-8-15-4)11(2)12-5-6-12/h10-13H,5-9H2,1-4H3. The van der Waals surface area contributed by atoms with Crippen LogP contribution in [0.4, 0.5) is 0 Å². The zero-order chi connectivity index (χ0) is 11.3. The highest BCUT2D eigenvalue weighted by Gasteiger charge is 2.32. The van der Waals surface area contributed by atoms with Crippen molar-refractivity contribution in [3.63, 3.8) is 0 Å². The Morgan fingerprint density at radius 3 is 2.53 bits per heavy atom. The Hall–Kier alpha value is -0.120. The van der Waals surface area contributed by atoms with Crippen LogP contribution in [-0.4, -0.2) is 50.8 Å². The van der Waals surface area contributed by atoms with Gasteiger partial charge in [0.25, 0.3) is 0 Å². The fourth-order valence-corrected chi connectivity index (χ4v) is 1.99. The number of nitrogens with zero attached hydrogens (tertiary/aromatic N) is 1. The van der Waals surface area contributed by atoms with Crippen molar-refractivity contribution in [2.24, 2.45) is 5.92 Å². The summed E-state index contributed by atoms with van der Waals surface area (Å²) in [5, 5.41) is 3.30. The van der Waals surface area contributed by atoms with Crippen LogP contribution in [-0.2, 0) is 4.74 Å². The number of hydrogen-bond donors (Lipinski definition) is 1. The van der Waals surface area contributed by atoms with Crippen molar-refractivity contribution in [1.29, 1.82) is 0 Å². The maximum absolute atomic E-state index is 5.18. The van der Waals surface area contributed by atoms with Crippen LogP contribution in [0.15, 0.2) is 0 Å². The summed E-state index contributed by atoms with van der Waals surface area (Å²) in [4.78, 5) is 2.56. The lowest BCUT2D eigenvalue weighted by Gasteiger charge is -2.31. The van der Waals surface area contributed by atoms with Crippen molar-refractivity contribution < 1.29 is 4.74 Å². The Morgan fingerprint density at radius 1 is 1.40 bits per heavy atom. The predicted octanol–water partition coefficient (Wildman–Crippen LogP) is 1.34. The lowest BCUT2D eigenvalue weighted by atomic mass is 10.1. The molecule has 15 heavy (non-hydrogen) atoms. The smallest absolute Gasteiger partial charge is 0.0589 e. The second-order valence-corrected chi connectivity index (χ2v) is 4.76. The van der Waals surface area contributed by atoms with Crippen molar-refractivity contribution >= 4 is 0 Å². The highest BCUT2D eigenvalue weighted by atomic mass is 16.5. The van der Waals surface area contributed by atoms with Gasteiger partial charge < -0.3 is 10.1 Å². The van der Waals surface area contributed by atoms with Gasteiger partial charge in [0.1, 0.15) is 0 Å². The van der Waals surface area contributed by atoms with Crippen LogP contribution in [0.3, 0.4) is 0 Å². The molecule has 1 fully saturated rings.